The molecule has 0 aromatic rings. The Hall–Kier alpha value is -0.220. The van der Waals surface area contributed by atoms with Crippen molar-refractivity contribution in [2.45, 2.75) is 70.3 Å². The maximum absolute atomic E-state index is 13.4. The molecular formula is C18H31F2NO. The largest absolute Gasteiger partial charge is 0.375 e. The summed E-state index contributed by atoms with van der Waals surface area (Å²) in [5.74, 6) is 0.441. The van der Waals surface area contributed by atoms with Gasteiger partial charge in [-0.2, -0.15) is 0 Å². The molecule has 22 heavy (non-hydrogen) atoms. The van der Waals surface area contributed by atoms with Gasteiger partial charge in [0.25, 0.3) is 0 Å². The summed E-state index contributed by atoms with van der Waals surface area (Å²) < 4.78 is 32.8. The molecule has 2 nitrogen and oxygen atoms in total. The minimum absolute atomic E-state index is 0.000950. The number of piperidine rings is 1. The average molecular weight is 315 g/mol. The van der Waals surface area contributed by atoms with Crippen LogP contribution in [0.2, 0.25) is 0 Å². The van der Waals surface area contributed by atoms with Gasteiger partial charge in [-0.3, -0.25) is 0 Å². The highest BCUT2D eigenvalue weighted by atomic mass is 19.3. The second-order valence-corrected chi connectivity index (χ2v) is 7.73. The topological polar surface area (TPSA) is 12.5 Å². The highest BCUT2D eigenvalue weighted by molar-refractivity contribution is 5.04. The van der Waals surface area contributed by atoms with Crippen molar-refractivity contribution in [3.8, 4) is 0 Å². The number of nitrogens with zero attached hydrogens (tertiary/aromatic N) is 1. The predicted octanol–water partition coefficient (Wildman–Crippen LogP) is 4.34. The van der Waals surface area contributed by atoms with Crippen LogP contribution in [0.1, 0.15) is 58.8 Å². The number of ether oxygens (including phenoxy) is 1. The Bertz CT molecular complexity index is 365. The van der Waals surface area contributed by atoms with E-state index < -0.39 is 5.92 Å². The van der Waals surface area contributed by atoms with Crippen LogP contribution in [0.5, 0.6) is 0 Å². The molecule has 0 aromatic carbocycles. The molecule has 1 aliphatic heterocycles. The van der Waals surface area contributed by atoms with E-state index in [1.807, 2.05) is 6.92 Å². The molecule has 2 saturated carbocycles. The number of hydrogen-bond donors (Lipinski definition) is 0. The zero-order chi connectivity index (χ0) is 15.8. The second kappa shape index (κ2) is 6.35. The van der Waals surface area contributed by atoms with E-state index in [1.165, 1.54) is 19.5 Å². The van der Waals surface area contributed by atoms with Crippen molar-refractivity contribution in [2.24, 2.45) is 17.8 Å². The SMILES string of the molecule is CCOC1(CCCN2CC3C(CC)C3C2)CCC(F)(F)CC1. The first kappa shape index (κ1) is 16.6. The van der Waals surface area contributed by atoms with Gasteiger partial charge >= 0.3 is 0 Å². The number of fused-ring (bicyclic) bond motifs is 1. The van der Waals surface area contributed by atoms with E-state index in [2.05, 4.69) is 11.8 Å². The third kappa shape index (κ3) is 3.48. The van der Waals surface area contributed by atoms with Crippen LogP contribution in [0, 0.1) is 17.8 Å². The second-order valence-electron chi connectivity index (χ2n) is 7.73. The van der Waals surface area contributed by atoms with Crippen LogP contribution < -0.4 is 0 Å². The van der Waals surface area contributed by atoms with Crippen molar-refractivity contribution < 1.29 is 13.5 Å². The molecule has 3 fully saturated rings. The Labute approximate surface area is 133 Å². The van der Waals surface area contributed by atoms with E-state index >= 15 is 0 Å². The number of rotatable bonds is 7. The van der Waals surface area contributed by atoms with Gasteiger partial charge in [0.15, 0.2) is 0 Å². The first-order valence-electron chi connectivity index (χ1n) is 9.23. The van der Waals surface area contributed by atoms with E-state index in [0.717, 1.165) is 37.1 Å². The van der Waals surface area contributed by atoms with Gasteiger partial charge in [0, 0.05) is 32.5 Å². The predicted molar refractivity (Wildman–Crippen MR) is 84.2 cm³/mol. The third-order valence-corrected chi connectivity index (χ3v) is 6.37. The van der Waals surface area contributed by atoms with E-state index in [4.69, 9.17) is 4.74 Å². The summed E-state index contributed by atoms with van der Waals surface area (Å²) in [6.45, 7) is 8.57. The van der Waals surface area contributed by atoms with Gasteiger partial charge in [0.05, 0.1) is 5.60 Å². The van der Waals surface area contributed by atoms with Gasteiger partial charge in [-0.25, -0.2) is 8.78 Å². The van der Waals surface area contributed by atoms with E-state index in [-0.39, 0.29) is 18.4 Å². The number of likely N-dealkylation sites (tertiary alicyclic amines) is 1. The first-order chi connectivity index (χ1) is 10.5. The van der Waals surface area contributed by atoms with Crippen molar-refractivity contribution in [1.29, 1.82) is 0 Å². The third-order valence-electron chi connectivity index (χ3n) is 6.37. The van der Waals surface area contributed by atoms with Crippen LogP contribution >= 0.6 is 0 Å². The summed E-state index contributed by atoms with van der Waals surface area (Å²) >= 11 is 0. The molecule has 0 N–H and O–H groups in total. The molecule has 2 aliphatic carbocycles. The standard InChI is InChI=1S/C18H31F2NO/c1-3-14-15-12-21(13-16(14)15)11-5-6-17(22-4-2)7-9-18(19,20)10-8-17/h14-16H,3-13H2,1-2H3. The van der Waals surface area contributed by atoms with Crippen LogP contribution in [-0.2, 0) is 4.74 Å². The summed E-state index contributed by atoms with van der Waals surface area (Å²) in [6, 6.07) is 0. The molecule has 2 unspecified atom stereocenters. The summed E-state index contributed by atoms with van der Waals surface area (Å²) in [5, 5.41) is 0. The zero-order valence-electron chi connectivity index (χ0n) is 14.1. The minimum Gasteiger partial charge on any atom is -0.375 e. The molecular weight excluding hydrogens is 284 g/mol. The van der Waals surface area contributed by atoms with Crippen molar-refractivity contribution in [3.05, 3.63) is 0 Å². The van der Waals surface area contributed by atoms with Gasteiger partial charge in [-0.1, -0.05) is 13.3 Å². The van der Waals surface area contributed by atoms with Crippen molar-refractivity contribution in [3.63, 3.8) is 0 Å². The maximum Gasteiger partial charge on any atom is 0.248 e. The van der Waals surface area contributed by atoms with Crippen molar-refractivity contribution in [2.75, 3.05) is 26.2 Å². The Morgan fingerprint density at radius 3 is 2.23 bits per heavy atom. The molecule has 0 amide bonds. The van der Waals surface area contributed by atoms with Crippen LogP contribution in [0.15, 0.2) is 0 Å². The van der Waals surface area contributed by atoms with Gasteiger partial charge in [-0.15, -0.1) is 0 Å². The fourth-order valence-electron chi connectivity index (χ4n) is 4.99. The van der Waals surface area contributed by atoms with Crippen LogP contribution in [-0.4, -0.2) is 42.7 Å². The lowest BCUT2D eigenvalue weighted by atomic mass is 9.79. The van der Waals surface area contributed by atoms with Gasteiger partial charge in [-0.05, 0) is 56.9 Å². The molecule has 3 aliphatic rings. The molecule has 0 spiro atoms. The summed E-state index contributed by atoms with van der Waals surface area (Å²) in [6.07, 6.45) is 4.42. The molecule has 2 atom stereocenters. The van der Waals surface area contributed by atoms with Crippen LogP contribution in [0.3, 0.4) is 0 Å². The zero-order valence-corrected chi connectivity index (χ0v) is 14.1. The Kier molecular flexibility index (Phi) is 4.80. The monoisotopic (exact) mass is 315 g/mol. The fraction of sp³-hybridized carbons (Fsp3) is 1.00. The molecule has 0 bridgehead atoms. The summed E-state index contributed by atoms with van der Waals surface area (Å²) in [4.78, 5) is 2.58. The minimum atomic E-state index is -2.47. The van der Waals surface area contributed by atoms with Crippen LogP contribution in [0.25, 0.3) is 0 Å². The fourth-order valence-corrected chi connectivity index (χ4v) is 4.99. The van der Waals surface area contributed by atoms with Crippen molar-refractivity contribution >= 4 is 0 Å². The lowest BCUT2D eigenvalue weighted by Crippen LogP contribution is -2.41. The Morgan fingerprint density at radius 1 is 1.05 bits per heavy atom. The maximum atomic E-state index is 13.4. The Balaban J connectivity index is 1.41. The summed E-state index contributed by atoms with van der Waals surface area (Å²) in [5.41, 5.74) is -0.273. The highest BCUT2D eigenvalue weighted by Gasteiger charge is 2.53. The number of hydrogen-bond acceptors (Lipinski definition) is 2. The normalized spacial score (nSPS) is 36.3. The van der Waals surface area contributed by atoms with Crippen molar-refractivity contribution in [1.82, 2.24) is 4.90 Å². The Morgan fingerprint density at radius 2 is 1.68 bits per heavy atom. The molecule has 1 saturated heterocycles. The first-order valence-corrected chi connectivity index (χ1v) is 9.23. The smallest absolute Gasteiger partial charge is 0.248 e. The molecule has 128 valence electrons. The molecule has 3 rings (SSSR count). The van der Waals surface area contributed by atoms with Crippen LogP contribution in [0.4, 0.5) is 8.78 Å². The van der Waals surface area contributed by atoms with E-state index in [0.29, 0.717) is 19.4 Å². The highest BCUT2D eigenvalue weighted by Crippen LogP contribution is 2.53. The lowest BCUT2D eigenvalue weighted by Gasteiger charge is -2.40. The van der Waals surface area contributed by atoms with E-state index in [9.17, 15) is 8.78 Å². The number of halogens is 2. The van der Waals surface area contributed by atoms with Gasteiger partial charge in [0.2, 0.25) is 5.92 Å². The molecule has 0 aromatic heterocycles. The quantitative estimate of drug-likeness (QED) is 0.693. The summed E-state index contributed by atoms with van der Waals surface area (Å²) in [7, 11) is 0. The van der Waals surface area contributed by atoms with Gasteiger partial charge in [0.1, 0.15) is 0 Å². The van der Waals surface area contributed by atoms with Gasteiger partial charge < -0.3 is 9.64 Å². The molecule has 0 radical (unpaired) electrons. The average Bonchev–Trinajstić information content (AvgIpc) is 2.96. The lowest BCUT2D eigenvalue weighted by molar-refractivity contribution is -0.134. The molecule has 4 heteroatoms. The van der Waals surface area contributed by atoms with E-state index in [1.54, 1.807) is 0 Å². The molecule has 1 heterocycles. The number of alkyl halides is 2.